The summed E-state index contributed by atoms with van der Waals surface area (Å²) in [5, 5.41) is 3.48. The van der Waals surface area contributed by atoms with Crippen LogP contribution in [0.5, 0.6) is 5.75 Å². The van der Waals surface area contributed by atoms with E-state index < -0.39 is 0 Å². The van der Waals surface area contributed by atoms with Crippen molar-refractivity contribution >= 4 is 0 Å². The standard InChI is InChI=1S/C15H23NO2/c1-17-14-6-4-13(5-7-14)8-10-16-11-9-15-3-2-12-18-15/h4-7,15-16H,2-3,8-12H2,1H3. The number of ether oxygens (including phenoxy) is 2. The van der Waals surface area contributed by atoms with Crippen LogP contribution in [-0.2, 0) is 11.2 Å². The summed E-state index contributed by atoms with van der Waals surface area (Å²) < 4.78 is 10.7. The molecule has 1 aliphatic rings. The average Bonchev–Trinajstić information content (AvgIpc) is 2.92. The summed E-state index contributed by atoms with van der Waals surface area (Å²) in [5.41, 5.74) is 1.35. The Labute approximate surface area is 109 Å². The van der Waals surface area contributed by atoms with Crippen molar-refractivity contribution in [2.75, 3.05) is 26.8 Å². The molecule has 2 rings (SSSR count). The summed E-state index contributed by atoms with van der Waals surface area (Å²) in [4.78, 5) is 0. The van der Waals surface area contributed by atoms with Gasteiger partial charge in [-0.1, -0.05) is 12.1 Å². The molecule has 1 aromatic rings. The van der Waals surface area contributed by atoms with Crippen LogP contribution in [0.15, 0.2) is 24.3 Å². The molecule has 3 nitrogen and oxygen atoms in total. The van der Waals surface area contributed by atoms with E-state index in [1.165, 1.54) is 18.4 Å². The molecule has 0 spiro atoms. The zero-order valence-corrected chi connectivity index (χ0v) is 11.2. The van der Waals surface area contributed by atoms with Crippen molar-refractivity contribution in [3.05, 3.63) is 29.8 Å². The lowest BCUT2D eigenvalue weighted by Crippen LogP contribution is -2.22. The van der Waals surface area contributed by atoms with Crippen molar-refractivity contribution in [1.82, 2.24) is 5.32 Å². The maximum atomic E-state index is 5.59. The Morgan fingerprint density at radius 2 is 2.11 bits per heavy atom. The van der Waals surface area contributed by atoms with Gasteiger partial charge in [-0.2, -0.15) is 0 Å². The van der Waals surface area contributed by atoms with Gasteiger partial charge < -0.3 is 14.8 Å². The first kappa shape index (κ1) is 13.4. The van der Waals surface area contributed by atoms with Crippen molar-refractivity contribution in [2.45, 2.75) is 31.8 Å². The number of hydrogen-bond acceptors (Lipinski definition) is 3. The fourth-order valence-corrected chi connectivity index (χ4v) is 2.28. The average molecular weight is 249 g/mol. The lowest BCUT2D eigenvalue weighted by atomic mass is 10.1. The summed E-state index contributed by atoms with van der Waals surface area (Å²) in [6, 6.07) is 8.28. The van der Waals surface area contributed by atoms with Crippen LogP contribution in [0.3, 0.4) is 0 Å². The number of benzene rings is 1. The third-order valence-corrected chi connectivity index (χ3v) is 3.42. The van der Waals surface area contributed by atoms with E-state index in [2.05, 4.69) is 17.4 Å². The minimum Gasteiger partial charge on any atom is -0.497 e. The molecule has 3 heteroatoms. The first-order valence-electron chi connectivity index (χ1n) is 6.84. The van der Waals surface area contributed by atoms with Crippen LogP contribution in [0.25, 0.3) is 0 Å². The Balaban J connectivity index is 1.56. The molecule has 0 radical (unpaired) electrons. The first-order chi connectivity index (χ1) is 8.88. The molecule has 1 fully saturated rings. The predicted octanol–water partition coefficient (Wildman–Crippen LogP) is 2.40. The van der Waals surface area contributed by atoms with Crippen molar-refractivity contribution in [1.29, 1.82) is 0 Å². The molecule has 1 atom stereocenters. The van der Waals surface area contributed by atoms with Gasteiger partial charge in [-0.3, -0.25) is 0 Å². The monoisotopic (exact) mass is 249 g/mol. The first-order valence-corrected chi connectivity index (χ1v) is 6.84. The summed E-state index contributed by atoms with van der Waals surface area (Å²) >= 11 is 0. The Bertz CT molecular complexity index is 331. The highest BCUT2D eigenvalue weighted by molar-refractivity contribution is 5.27. The highest BCUT2D eigenvalue weighted by Crippen LogP contribution is 2.14. The third-order valence-electron chi connectivity index (χ3n) is 3.42. The molecule has 1 saturated heterocycles. The molecule has 0 bridgehead atoms. The van der Waals surface area contributed by atoms with Crippen LogP contribution < -0.4 is 10.1 Å². The van der Waals surface area contributed by atoms with Gasteiger partial charge >= 0.3 is 0 Å². The van der Waals surface area contributed by atoms with Gasteiger partial charge in [-0.05, 0) is 56.5 Å². The van der Waals surface area contributed by atoms with Crippen LogP contribution >= 0.6 is 0 Å². The molecule has 0 aliphatic carbocycles. The van der Waals surface area contributed by atoms with Gasteiger partial charge in [0.25, 0.3) is 0 Å². The van der Waals surface area contributed by atoms with Gasteiger partial charge in [0.1, 0.15) is 5.75 Å². The minimum absolute atomic E-state index is 0.499. The molecule has 1 N–H and O–H groups in total. The molecular weight excluding hydrogens is 226 g/mol. The molecule has 18 heavy (non-hydrogen) atoms. The van der Waals surface area contributed by atoms with Gasteiger partial charge in [0, 0.05) is 6.61 Å². The number of methoxy groups -OCH3 is 1. The van der Waals surface area contributed by atoms with Gasteiger partial charge in [-0.25, -0.2) is 0 Å². The number of hydrogen-bond donors (Lipinski definition) is 1. The van der Waals surface area contributed by atoms with E-state index in [4.69, 9.17) is 9.47 Å². The summed E-state index contributed by atoms with van der Waals surface area (Å²) in [5.74, 6) is 0.921. The topological polar surface area (TPSA) is 30.5 Å². The fourth-order valence-electron chi connectivity index (χ4n) is 2.28. The zero-order chi connectivity index (χ0) is 12.6. The Morgan fingerprint density at radius 3 is 2.78 bits per heavy atom. The summed E-state index contributed by atoms with van der Waals surface area (Å²) in [7, 11) is 1.70. The minimum atomic E-state index is 0.499. The van der Waals surface area contributed by atoms with Gasteiger partial charge in [0.2, 0.25) is 0 Å². The molecular formula is C15H23NO2. The van der Waals surface area contributed by atoms with Gasteiger partial charge in [0.15, 0.2) is 0 Å². The zero-order valence-electron chi connectivity index (χ0n) is 11.2. The van der Waals surface area contributed by atoms with Crippen molar-refractivity contribution in [2.24, 2.45) is 0 Å². The molecule has 1 aliphatic heterocycles. The highest BCUT2D eigenvalue weighted by Gasteiger charge is 2.14. The SMILES string of the molecule is COc1ccc(CCNCCC2CCCO2)cc1. The number of rotatable bonds is 7. The van der Waals surface area contributed by atoms with E-state index in [0.717, 1.165) is 38.3 Å². The molecule has 0 aromatic heterocycles. The van der Waals surface area contributed by atoms with Crippen molar-refractivity contribution in [3.8, 4) is 5.75 Å². The Hall–Kier alpha value is -1.06. The normalized spacial score (nSPS) is 19.1. The van der Waals surface area contributed by atoms with E-state index in [1.807, 2.05) is 12.1 Å². The third kappa shape index (κ3) is 4.31. The molecule has 0 saturated carbocycles. The fraction of sp³-hybridized carbons (Fsp3) is 0.600. The lowest BCUT2D eigenvalue weighted by Gasteiger charge is -2.10. The van der Waals surface area contributed by atoms with Crippen LogP contribution in [-0.4, -0.2) is 32.9 Å². The van der Waals surface area contributed by atoms with Crippen LogP contribution in [0.4, 0.5) is 0 Å². The molecule has 1 heterocycles. The number of nitrogens with one attached hydrogen (secondary N) is 1. The predicted molar refractivity (Wildman–Crippen MR) is 73.2 cm³/mol. The Kier molecular flexibility index (Phi) is 5.49. The van der Waals surface area contributed by atoms with E-state index in [0.29, 0.717) is 6.10 Å². The van der Waals surface area contributed by atoms with Crippen molar-refractivity contribution < 1.29 is 9.47 Å². The van der Waals surface area contributed by atoms with E-state index in [1.54, 1.807) is 7.11 Å². The maximum absolute atomic E-state index is 5.59. The van der Waals surface area contributed by atoms with Gasteiger partial charge in [0.05, 0.1) is 13.2 Å². The second kappa shape index (κ2) is 7.39. The Morgan fingerprint density at radius 1 is 1.28 bits per heavy atom. The largest absolute Gasteiger partial charge is 0.497 e. The van der Waals surface area contributed by atoms with Crippen molar-refractivity contribution in [3.63, 3.8) is 0 Å². The second-order valence-electron chi connectivity index (χ2n) is 4.77. The van der Waals surface area contributed by atoms with E-state index in [9.17, 15) is 0 Å². The van der Waals surface area contributed by atoms with Crippen LogP contribution in [0, 0.1) is 0 Å². The van der Waals surface area contributed by atoms with E-state index in [-0.39, 0.29) is 0 Å². The second-order valence-corrected chi connectivity index (χ2v) is 4.77. The lowest BCUT2D eigenvalue weighted by molar-refractivity contribution is 0.104. The maximum Gasteiger partial charge on any atom is 0.118 e. The highest BCUT2D eigenvalue weighted by atomic mass is 16.5. The molecule has 100 valence electrons. The van der Waals surface area contributed by atoms with Crippen LogP contribution in [0.2, 0.25) is 0 Å². The molecule has 1 unspecified atom stereocenters. The van der Waals surface area contributed by atoms with Crippen LogP contribution in [0.1, 0.15) is 24.8 Å². The quantitative estimate of drug-likeness (QED) is 0.753. The molecule has 1 aromatic carbocycles. The van der Waals surface area contributed by atoms with E-state index >= 15 is 0 Å². The smallest absolute Gasteiger partial charge is 0.118 e. The summed E-state index contributed by atoms with van der Waals surface area (Å²) in [6.45, 7) is 3.04. The molecule has 0 amide bonds. The summed E-state index contributed by atoms with van der Waals surface area (Å²) in [6.07, 6.45) is 5.17. The van der Waals surface area contributed by atoms with Gasteiger partial charge in [-0.15, -0.1) is 0 Å².